The maximum Gasteiger partial charge on any atom is 0.342 e. The third-order valence-electron chi connectivity index (χ3n) is 3.45. The summed E-state index contributed by atoms with van der Waals surface area (Å²) in [6.45, 7) is -0.251. The van der Waals surface area contributed by atoms with E-state index >= 15 is 0 Å². The summed E-state index contributed by atoms with van der Waals surface area (Å²) in [7, 11) is 2.91. The fourth-order valence-electron chi connectivity index (χ4n) is 2.09. The first-order valence-electron chi connectivity index (χ1n) is 7.54. The van der Waals surface area contributed by atoms with Crippen molar-refractivity contribution in [2.24, 2.45) is 0 Å². The molecule has 138 valence electrons. The molecule has 0 atom stereocenters. The van der Waals surface area contributed by atoms with Crippen molar-refractivity contribution in [1.29, 1.82) is 0 Å². The van der Waals surface area contributed by atoms with Crippen molar-refractivity contribution in [3.05, 3.63) is 57.6 Å². The predicted molar refractivity (Wildman–Crippen MR) is 98.1 cm³/mol. The summed E-state index contributed by atoms with van der Waals surface area (Å²) >= 11 is 11.9. The quantitative estimate of drug-likeness (QED) is 0.723. The molecule has 1 amide bonds. The molecule has 2 rings (SSSR count). The molecular formula is C18H17Cl2NO5. The van der Waals surface area contributed by atoms with Crippen LogP contribution in [0.5, 0.6) is 11.5 Å². The Morgan fingerprint density at radius 2 is 1.81 bits per heavy atom. The number of carbonyl (C=O) groups is 2. The number of benzene rings is 2. The van der Waals surface area contributed by atoms with Crippen LogP contribution in [0.25, 0.3) is 0 Å². The molecule has 2 aromatic carbocycles. The molecule has 6 nitrogen and oxygen atoms in total. The van der Waals surface area contributed by atoms with Gasteiger partial charge in [0, 0.05) is 16.6 Å². The van der Waals surface area contributed by atoms with E-state index in [-0.39, 0.29) is 12.1 Å². The van der Waals surface area contributed by atoms with Gasteiger partial charge in [-0.15, -0.1) is 0 Å². The number of ether oxygens (including phenoxy) is 3. The Morgan fingerprint density at radius 1 is 1.04 bits per heavy atom. The number of amides is 1. The summed E-state index contributed by atoms with van der Waals surface area (Å²) in [6, 6.07) is 9.67. The van der Waals surface area contributed by atoms with Crippen LogP contribution in [0.1, 0.15) is 15.9 Å². The zero-order chi connectivity index (χ0) is 19.1. The summed E-state index contributed by atoms with van der Waals surface area (Å²) in [5.41, 5.74) is 0.866. The zero-order valence-corrected chi connectivity index (χ0v) is 15.7. The number of carbonyl (C=O) groups excluding carboxylic acids is 2. The van der Waals surface area contributed by atoms with Gasteiger partial charge in [0.05, 0.1) is 14.2 Å². The summed E-state index contributed by atoms with van der Waals surface area (Å²) in [5, 5.41) is 3.56. The van der Waals surface area contributed by atoms with Crippen LogP contribution in [-0.2, 0) is 16.1 Å². The number of rotatable bonds is 7. The van der Waals surface area contributed by atoms with Crippen molar-refractivity contribution in [1.82, 2.24) is 5.32 Å². The monoisotopic (exact) mass is 397 g/mol. The average molecular weight is 398 g/mol. The largest absolute Gasteiger partial charge is 0.497 e. The van der Waals surface area contributed by atoms with Crippen molar-refractivity contribution < 1.29 is 23.8 Å². The molecule has 0 fully saturated rings. The van der Waals surface area contributed by atoms with Gasteiger partial charge in [0.15, 0.2) is 6.61 Å². The number of hydrogen-bond acceptors (Lipinski definition) is 5. The minimum Gasteiger partial charge on any atom is -0.497 e. The second-order valence-electron chi connectivity index (χ2n) is 5.15. The van der Waals surface area contributed by atoms with E-state index in [0.29, 0.717) is 27.1 Å². The number of hydrogen-bond donors (Lipinski definition) is 1. The van der Waals surface area contributed by atoms with Crippen LogP contribution >= 0.6 is 23.2 Å². The number of esters is 1. The van der Waals surface area contributed by atoms with Crippen molar-refractivity contribution in [2.75, 3.05) is 20.8 Å². The molecular weight excluding hydrogens is 381 g/mol. The first kappa shape index (κ1) is 19.9. The van der Waals surface area contributed by atoms with Gasteiger partial charge in [0.2, 0.25) is 0 Å². The van der Waals surface area contributed by atoms with Crippen LogP contribution in [0, 0.1) is 0 Å². The molecule has 0 aliphatic carbocycles. The van der Waals surface area contributed by atoms with E-state index in [1.54, 1.807) is 30.3 Å². The highest BCUT2D eigenvalue weighted by molar-refractivity contribution is 6.35. The topological polar surface area (TPSA) is 73.9 Å². The van der Waals surface area contributed by atoms with Gasteiger partial charge >= 0.3 is 5.97 Å². The van der Waals surface area contributed by atoms with Crippen LogP contribution in [-0.4, -0.2) is 32.7 Å². The van der Waals surface area contributed by atoms with Gasteiger partial charge < -0.3 is 19.5 Å². The van der Waals surface area contributed by atoms with Crippen LogP contribution in [0.3, 0.4) is 0 Å². The number of nitrogens with one attached hydrogen (secondary N) is 1. The van der Waals surface area contributed by atoms with E-state index in [2.05, 4.69) is 5.32 Å². The first-order valence-corrected chi connectivity index (χ1v) is 8.30. The lowest BCUT2D eigenvalue weighted by Crippen LogP contribution is -2.28. The number of halogens is 2. The maximum atomic E-state index is 12.2. The first-order chi connectivity index (χ1) is 12.4. The second-order valence-corrected chi connectivity index (χ2v) is 6.00. The van der Waals surface area contributed by atoms with E-state index in [1.807, 2.05) is 0 Å². The smallest absolute Gasteiger partial charge is 0.342 e. The molecule has 8 heteroatoms. The SMILES string of the molecule is COc1ccc(OC)c(C(=O)OCC(=O)NCc2ccc(Cl)cc2Cl)c1. The number of methoxy groups -OCH3 is 2. The van der Waals surface area contributed by atoms with Crippen molar-refractivity contribution in [3.63, 3.8) is 0 Å². The predicted octanol–water partition coefficient (Wildman–Crippen LogP) is 3.48. The second kappa shape index (κ2) is 9.31. The maximum absolute atomic E-state index is 12.2. The van der Waals surface area contributed by atoms with Gasteiger partial charge in [-0.2, -0.15) is 0 Å². The molecule has 0 spiro atoms. The molecule has 0 saturated heterocycles. The van der Waals surface area contributed by atoms with Crippen LogP contribution < -0.4 is 14.8 Å². The minimum atomic E-state index is -0.694. The summed E-state index contributed by atoms with van der Waals surface area (Å²) in [5.74, 6) is -0.365. The third kappa shape index (κ3) is 5.28. The summed E-state index contributed by atoms with van der Waals surface area (Å²) < 4.78 is 15.2. The zero-order valence-electron chi connectivity index (χ0n) is 14.2. The van der Waals surface area contributed by atoms with E-state index in [0.717, 1.165) is 0 Å². The van der Waals surface area contributed by atoms with Gasteiger partial charge in [0.1, 0.15) is 17.1 Å². The third-order valence-corrected chi connectivity index (χ3v) is 4.04. The van der Waals surface area contributed by atoms with Crippen LogP contribution in [0.15, 0.2) is 36.4 Å². The Kier molecular flexibility index (Phi) is 7.12. The highest BCUT2D eigenvalue weighted by Gasteiger charge is 2.16. The molecule has 0 aromatic heterocycles. The molecule has 0 heterocycles. The van der Waals surface area contributed by atoms with Gasteiger partial charge in [-0.3, -0.25) is 4.79 Å². The standard InChI is InChI=1S/C18H17Cl2NO5/c1-24-13-5-6-16(25-2)14(8-13)18(23)26-10-17(22)21-9-11-3-4-12(19)7-15(11)20/h3-8H,9-10H2,1-2H3,(H,21,22). The average Bonchev–Trinajstić information content (AvgIpc) is 2.64. The molecule has 0 aliphatic heterocycles. The Bertz CT molecular complexity index is 810. The lowest BCUT2D eigenvalue weighted by molar-refractivity contribution is -0.124. The minimum absolute atomic E-state index is 0.167. The Labute approximate surface area is 160 Å². The Hall–Kier alpha value is -2.44. The van der Waals surface area contributed by atoms with Gasteiger partial charge in [-0.25, -0.2) is 4.79 Å². The van der Waals surface area contributed by atoms with Crippen molar-refractivity contribution in [2.45, 2.75) is 6.54 Å². The highest BCUT2D eigenvalue weighted by atomic mass is 35.5. The Balaban J connectivity index is 1.91. The molecule has 0 aliphatic rings. The normalized spacial score (nSPS) is 10.2. The molecule has 26 heavy (non-hydrogen) atoms. The fraction of sp³-hybridized carbons (Fsp3) is 0.222. The van der Waals surface area contributed by atoms with E-state index in [9.17, 15) is 9.59 Å². The van der Waals surface area contributed by atoms with Gasteiger partial charge in [-0.05, 0) is 35.9 Å². The van der Waals surface area contributed by atoms with Gasteiger partial charge in [0.25, 0.3) is 5.91 Å². The fourth-order valence-corrected chi connectivity index (χ4v) is 2.57. The van der Waals surface area contributed by atoms with Crippen LogP contribution in [0.4, 0.5) is 0 Å². The molecule has 0 bridgehead atoms. The molecule has 0 unspecified atom stereocenters. The van der Waals surface area contributed by atoms with Gasteiger partial charge in [-0.1, -0.05) is 29.3 Å². The van der Waals surface area contributed by atoms with Crippen LogP contribution in [0.2, 0.25) is 10.0 Å². The lowest BCUT2D eigenvalue weighted by atomic mass is 10.2. The molecule has 1 N–H and O–H groups in total. The van der Waals surface area contributed by atoms with Crippen molar-refractivity contribution in [3.8, 4) is 11.5 Å². The molecule has 2 aromatic rings. The molecule has 0 radical (unpaired) electrons. The summed E-state index contributed by atoms with van der Waals surface area (Å²) in [4.78, 5) is 24.1. The molecule has 0 saturated carbocycles. The Morgan fingerprint density at radius 3 is 2.46 bits per heavy atom. The van der Waals surface area contributed by atoms with E-state index in [4.69, 9.17) is 37.4 Å². The lowest BCUT2D eigenvalue weighted by Gasteiger charge is -2.11. The highest BCUT2D eigenvalue weighted by Crippen LogP contribution is 2.24. The summed E-state index contributed by atoms with van der Waals surface area (Å²) in [6.07, 6.45) is 0. The van der Waals surface area contributed by atoms with E-state index in [1.165, 1.54) is 20.3 Å². The van der Waals surface area contributed by atoms with Crippen molar-refractivity contribution >= 4 is 35.1 Å². The van der Waals surface area contributed by atoms with E-state index < -0.39 is 18.5 Å².